The molecule has 0 heterocycles. The fraction of sp³-hybridized carbons (Fsp3) is 0.533. The molecule has 104 valence electrons. The van der Waals surface area contributed by atoms with E-state index in [0.29, 0.717) is 6.54 Å². The van der Waals surface area contributed by atoms with Crippen LogP contribution in [0.25, 0.3) is 0 Å². The number of benzene rings is 1. The van der Waals surface area contributed by atoms with Crippen LogP contribution in [0.5, 0.6) is 5.75 Å². The maximum Gasteiger partial charge on any atom is 0.227 e. The molecule has 1 aliphatic rings. The second-order valence-corrected chi connectivity index (χ2v) is 5.16. The van der Waals surface area contributed by atoms with Gasteiger partial charge in [0.05, 0.1) is 12.5 Å². The third kappa shape index (κ3) is 3.47. The van der Waals surface area contributed by atoms with Crippen molar-refractivity contribution in [2.24, 2.45) is 5.41 Å². The summed E-state index contributed by atoms with van der Waals surface area (Å²) in [5, 5.41) is 6.13. The van der Waals surface area contributed by atoms with Crippen LogP contribution in [0, 0.1) is 5.41 Å². The highest BCUT2D eigenvalue weighted by atomic mass is 16.5. The highest BCUT2D eigenvalue weighted by Gasteiger charge is 2.48. The van der Waals surface area contributed by atoms with Crippen molar-refractivity contribution in [3.05, 3.63) is 29.8 Å². The van der Waals surface area contributed by atoms with Gasteiger partial charge >= 0.3 is 0 Å². The summed E-state index contributed by atoms with van der Waals surface area (Å²) < 4.78 is 5.12. The average molecular weight is 262 g/mol. The molecule has 0 aliphatic heterocycles. The molecule has 1 aliphatic carbocycles. The van der Waals surface area contributed by atoms with Crippen molar-refractivity contribution in [1.82, 2.24) is 10.6 Å². The van der Waals surface area contributed by atoms with Gasteiger partial charge in [0.2, 0.25) is 5.91 Å². The molecule has 1 saturated carbocycles. The number of hydrogen-bond acceptors (Lipinski definition) is 3. The first-order valence-electron chi connectivity index (χ1n) is 6.76. The summed E-state index contributed by atoms with van der Waals surface area (Å²) in [7, 11) is 3.55. The minimum Gasteiger partial charge on any atom is -0.497 e. The number of rotatable bonds is 7. The highest BCUT2D eigenvalue weighted by Crippen LogP contribution is 2.45. The summed E-state index contributed by atoms with van der Waals surface area (Å²) in [6, 6.07) is 7.96. The molecule has 0 saturated heterocycles. The van der Waals surface area contributed by atoms with Crippen molar-refractivity contribution in [1.29, 1.82) is 0 Å². The van der Waals surface area contributed by atoms with Crippen molar-refractivity contribution in [2.45, 2.75) is 19.3 Å². The van der Waals surface area contributed by atoms with Gasteiger partial charge in [0, 0.05) is 13.1 Å². The summed E-state index contributed by atoms with van der Waals surface area (Å²) in [5.74, 6) is 1.05. The van der Waals surface area contributed by atoms with E-state index in [1.807, 2.05) is 31.3 Å². The molecule has 0 bridgehead atoms. The Balaban J connectivity index is 1.75. The number of nitrogens with one attached hydrogen (secondary N) is 2. The quantitative estimate of drug-likeness (QED) is 0.780. The number of hydrogen-bond donors (Lipinski definition) is 2. The Morgan fingerprint density at radius 2 is 2.00 bits per heavy atom. The molecule has 0 spiro atoms. The maximum atomic E-state index is 12.0. The van der Waals surface area contributed by atoms with Gasteiger partial charge in [-0.3, -0.25) is 4.79 Å². The molecule has 4 heteroatoms. The third-order valence-corrected chi connectivity index (χ3v) is 3.71. The number of methoxy groups -OCH3 is 1. The third-order valence-electron chi connectivity index (χ3n) is 3.71. The molecule has 4 nitrogen and oxygen atoms in total. The lowest BCUT2D eigenvalue weighted by molar-refractivity contribution is -0.126. The van der Waals surface area contributed by atoms with Crippen LogP contribution in [0.15, 0.2) is 24.3 Å². The Bertz CT molecular complexity index is 424. The second-order valence-electron chi connectivity index (χ2n) is 5.16. The largest absolute Gasteiger partial charge is 0.497 e. The Morgan fingerprint density at radius 3 is 2.53 bits per heavy atom. The van der Waals surface area contributed by atoms with Gasteiger partial charge in [-0.05, 0) is 44.0 Å². The van der Waals surface area contributed by atoms with Crippen LogP contribution < -0.4 is 15.4 Å². The SMILES string of the molecule is CNCC1(C(=O)NCCc2ccc(OC)cc2)CC1. The molecule has 2 rings (SSSR count). The van der Waals surface area contributed by atoms with Crippen LogP contribution in [0.2, 0.25) is 0 Å². The van der Waals surface area contributed by atoms with Gasteiger partial charge in [-0.1, -0.05) is 12.1 Å². The molecular formula is C15H22N2O2. The first kappa shape index (κ1) is 13.9. The fourth-order valence-corrected chi connectivity index (χ4v) is 2.27. The summed E-state index contributed by atoms with van der Waals surface area (Å²) >= 11 is 0. The molecule has 1 aromatic carbocycles. The van der Waals surface area contributed by atoms with E-state index in [2.05, 4.69) is 10.6 Å². The molecule has 1 amide bonds. The van der Waals surface area contributed by atoms with Gasteiger partial charge in [0.25, 0.3) is 0 Å². The highest BCUT2D eigenvalue weighted by molar-refractivity contribution is 5.85. The average Bonchev–Trinajstić information content (AvgIpc) is 3.21. The number of amides is 1. The number of ether oxygens (including phenoxy) is 1. The van der Waals surface area contributed by atoms with Gasteiger partial charge in [0.1, 0.15) is 5.75 Å². The predicted octanol–water partition coefficient (Wildman–Crippen LogP) is 1.35. The molecule has 19 heavy (non-hydrogen) atoms. The summed E-state index contributed by atoms with van der Waals surface area (Å²) in [6.45, 7) is 1.47. The summed E-state index contributed by atoms with van der Waals surface area (Å²) in [6.07, 6.45) is 2.86. The number of carbonyl (C=O) groups excluding carboxylic acids is 1. The molecule has 1 fully saturated rings. The Kier molecular flexibility index (Phi) is 4.43. The van der Waals surface area contributed by atoms with Crippen molar-refractivity contribution >= 4 is 5.91 Å². The zero-order valence-corrected chi connectivity index (χ0v) is 11.7. The van der Waals surface area contributed by atoms with Crippen LogP contribution >= 0.6 is 0 Å². The van der Waals surface area contributed by atoms with Crippen molar-refractivity contribution in [2.75, 3.05) is 27.2 Å². The lowest BCUT2D eigenvalue weighted by atomic mass is 10.1. The number of carbonyl (C=O) groups is 1. The zero-order valence-electron chi connectivity index (χ0n) is 11.7. The normalized spacial score (nSPS) is 15.9. The van der Waals surface area contributed by atoms with Gasteiger partial charge in [0.15, 0.2) is 0 Å². The first-order valence-corrected chi connectivity index (χ1v) is 6.76. The summed E-state index contributed by atoms with van der Waals surface area (Å²) in [4.78, 5) is 12.0. The van der Waals surface area contributed by atoms with Gasteiger partial charge in [-0.15, -0.1) is 0 Å². The lowest BCUT2D eigenvalue weighted by Crippen LogP contribution is -2.38. The second kappa shape index (κ2) is 6.06. The molecule has 1 aromatic rings. The minimum absolute atomic E-state index is 0.130. The zero-order chi connectivity index (χ0) is 13.7. The van der Waals surface area contributed by atoms with Crippen molar-refractivity contribution in [3.8, 4) is 5.75 Å². The standard InChI is InChI=1S/C15H22N2O2/c1-16-11-15(8-9-15)14(18)17-10-7-12-3-5-13(19-2)6-4-12/h3-6,16H,7-11H2,1-2H3,(H,17,18). The maximum absolute atomic E-state index is 12.0. The Hall–Kier alpha value is -1.55. The van der Waals surface area contributed by atoms with Crippen molar-refractivity contribution < 1.29 is 9.53 Å². The lowest BCUT2D eigenvalue weighted by Gasteiger charge is -2.14. The van der Waals surface area contributed by atoms with Crippen molar-refractivity contribution in [3.63, 3.8) is 0 Å². The molecule has 0 atom stereocenters. The minimum atomic E-state index is -0.130. The first-order chi connectivity index (χ1) is 9.20. The van der Waals surface area contributed by atoms with E-state index in [9.17, 15) is 4.79 Å². The Morgan fingerprint density at radius 1 is 1.32 bits per heavy atom. The van der Waals surface area contributed by atoms with E-state index in [1.54, 1.807) is 7.11 Å². The van der Waals surface area contributed by atoms with E-state index < -0.39 is 0 Å². The smallest absolute Gasteiger partial charge is 0.227 e. The topological polar surface area (TPSA) is 50.4 Å². The fourth-order valence-electron chi connectivity index (χ4n) is 2.27. The van der Waals surface area contributed by atoms with Crippen LogP contribution in [-0.2, 0) is 11.2 Å². The van der Waals surface area contributed by atoms with Crippen LogP contribution in [0.4, 0.5) is 0 Å². The van der Waals surface area contributed by atoms with E-state index in [0.717, 1.165) is 31.6 Å². The molecular weight excluding hydrogens is 240 g/mol. The Labute approximate surface area is 114 Å². The monoisotopic (exact) mass is 262 g/mol. The van der Waals surface area contributed by atoms with E-state index >= 15 is 0 Å². The van der Waals surface area contributed by atoms with Gasteiger partial charge < -0.3 is 15.4 Å². The van der Waals surface area contributed by atoms with Crippen LogP contribution in [-0.4, -0.2) is 33.2 Å². The predicted molar refractivity (Wildman–Crippen MR) is 75.3 cm³/mol. The molecule has 0 aromatic heterocycles. The van der Waals surface area contributed by atoms with Gasteiger partial charge in [-0.2, -0.15) is 0 Å². The molecule has 2 N–H and O–H groups in total. The summed E-state index contributed by atoms with van der Waals surface area (Å²) in [5.41, 5.74) is 1.08. The van der Waals surface area contributed by atoms with Gasteiger partial charge in [-0.25, -0.2) is 0 Å². The molecule has 0 radical (unpaired) electrons. The van der Waals surface area contributed by atoms with Crippen LogP contribution in [0.3, 0.4) is 0 Å². The van der Waals surface area contributed by atoms with E-state index in [-0.39, 0.29) is 11.3 Å². The van der Waals surface area contributed by atoms with Crippen LogP contribution in [0.1, 0.15) is 18.4 Å². The van der Waals surface area contributed by atoms with E-state index in [4.69, 9.17) is 4.74 Å². The molecule has 0 unspecified atom stereocenters. The van der Waals surface area contributed by atoms with E-state index in [1.165, 1.54) is 5.56 Å².